The Morgan fingerprint density at radius 3 is 2.89 bits per heavy atom. The molecule has 3 heterocycles. The summed E-state index contributed by atoms with van der Waals surface area (Å²) in [4.78, 5) is 5.33. The van der Waals surface area contributed by atoms with Crippen molar-refractivity contribution in [3.63, 3.8) is 0 Å². The van der Waals surface area contributed by atoms with Crippen molar-refractivity contribution in [1.29, 1.82) is 0 Å². The lowest BCUT2D eigenvalue weighted by atomic mass is 10.2. The molecule has 2 aromatic rings. The molecule has 1 saturated heterocycles. The molecule has 1 atom stereocenters. The van der Waals surface area contributed by atoms with Crippen molar-refractivity contribution in [3.8, 4) is 0 Å². The summed E-state index contributed by atoms with van der Waals surface area (Å²) in [5.41, 5.74) is 6.56. The van der Waals surface area contributed by atoms with Gasteiger partial charge in [-0.15, -0.1) is 5.10 Å². The average molecular weight is 271 g/mol. The van der Waals surface area contributed by atoms with Crippen LogP contribution in [-0.4, -0.2) is 33.4 Å². The van der Waals surface area contributed by atoms with E-state index in [9.17, 15) is 13.2 Å². The van der Waals surface area contributed by atoms with Crippen LogP contribution < -0.4 is 10.6 Å². The summed E-state index contributed by atoms with van der Waals surface area (Å²) in [6, 6.07) is 1.70. The first-order valence-corrected chi connectivity index (χ1v) is 5.90. The Kier molecular flexibility index (Phi) is 2.54. The lowest BCUT2D eigenvalue weighted by Gasteiger charge is -2.24. The van der Waals surface area contributed by atoms with E-state index in [4.69, 9.17) is 5.73 Å². The van der Waals surface area contributed by atoms with Crippen LogP contribution in [0.15, 0.2) is 18.3 Å². The minimum atomic E-state index is -4.26. The third-order valence-electron chi connectivity index (χ3n) is 3.24. The molecule has 1 aliphatic heterocycles. The van der Waals surface area contributed by atoms with Gasteiger partial charge in [-0.05, 0) is 18.9 Å². The van der Waals surface area contributed by atoms with E-state index in [0.717, 1.165) is 0 Å². The Balaban J connectivity index is 1.99. The zero-order valence-electron chi connectivity index (χ0n) is 9.93. The summed E-state index contributed by atoms with van der Waals surface area (Å²) in [5, 5.41) is 4.08. The molecule has 8 heteroatoms. The Morgan fingerprint density at radius 2 is 2.16 bits per heavy atom. The van der Waals surface area contributed by atoms with Crippen LogP contribution in [0.1, 0.15) is 12.8 Å². The SMILES string of the molecule is Nc1ccn2nc(N3CCCC3C(F)(F)F)nc2c1. The zero-order chi connectivity index (χ0) is 13.6. The van der Waals surface area contributed by atoms with Crippen molar-refractivity contribution in [2.45, 2.75) is 25.1 Å². The van der Waals surface area contributed by atoms with E-state index in [2.05, 4.69) is 10.1 Å². The Hall–Kier alpha value is -1.99. The monoisotopic (exact) mass is 271 g/mol. The van der Waals surface area contributed by atoms with E-state index in [1.807, 2.05) is 0 Å². The first kappa shape index (κ1) is 12.1. The van der Waals surface area contributed by atoms with Crippen LogP contribution in [0.25, 0.3) is 5.65 Å². The number of nitrogen functional groups attached to an aromatic ring is 1. The van der Waals surface area contributed by atoms with E-state index < -0.39 is 12.2 Å². The molecule has 2 aromatic heterocycles. The second kappa shape index (κ2) is 4.01. The summed E-state index contributed by atoms with van der Waals surface area (Å²) in [6.07, 6.45) is -2.10. The number of alkyl halides is 3. The van der Waals surface area contributed by atoms with Crippen LogP contribution in [0.4, 0.5) is 24.8 Å². The summed E-state index contributed by atoms with van der Waals surface area (Å²) in [6.45, 7) is 0.316. The van der Waals surface area contributed by atoms with Crippen LogP contribution in [-0.2, 0) is 0 Å². The van der Waals surface area contributed by atoms with Crippen LogP contribution in [0.5, 0.6) is 0 Å². The molecule has 3 rings (SSSR count). The minimum Gasteiger partial charge on any atom is -0.399 e. The first-order valence-electron chi connectivity index (χ1n) is 5.90. The Labute approximate surface area is 106 Å². The highest BCUT2D eigenvalue weighted by atomic mass is 19.4. The molecule has 1 aliphatic rings. The van der Waals surface area contributed by atoms with Gasteiger partial charge >= 0.3 is 6.18 Å². The topological polar surface area (TPSA) is 59.5 Å². The lowest BCUT2D eigenvalue weighted by Crippen LogP contribution is -2.41. The molecule has 102 valence electrons. The number of rotatable bonds is 1. The second-order valence-electron chi connectivity index (χ2n) is 4.57. The van der Waals surface area contributed by atoms with Crippen LogP contribution in [0.3, 0.4) is 0 Å². The van der Waals surface area contributed by atoms with Gasteiger partial charge in [0, 0.05) is 24.5 Å². The molecule has 0 radical (unpaired) electrons. The average Bonchev–Trinajstić information content (AvgIpc) is 2.92. The number of aromatic nitrogens is 3. The van der Waals surface area contributed by atoms with Gasteiger partial charge < -0.3 is 10.6 Å². The summed E-state index contributed by atoms with van der Waals surface area (Å²) in [7, 11) is 0. The van der Waals surface area contributed by atoms with Crippen molar-refractivity contribution in [2.24, 2.45) is 0 Å². The van der Waals surface area contributed by atoms with Crippen molar-refractivity contribution in [3.05, 3.63) is 18.3 Å². The van der Waals surface area contributed by atoms with E-state index in [1.54, 1.807) is 18.3 Å². The van der Waals surface area contributed by atoms with Gasteiger partial charge in [0.2, 0.25) is 5.95 Å². The van der Waals surface area contributed by atoms with Gasteiger partial charge in [-0.25, -0.2) is 4.52 Å². The van der Waals surface area contributed by atoms with Crippen molar-refractivity contribution < 1.29 is 13.2 Å². The molecular weight excluding hydrogens is 259 g/mol. The molecule has 1 fully saturated rings. The smallest absolute Gasteiger partial charge is 0.399 e. The number of nitrogens with two attached hydrogens (primary N) is 1. The van der Waals surface area contributed by atoms with Crippen molar-refractivity contribution in [2.75, 3.05) is 17.2 Å². The molecule has 0 amide bonds. The van der Waals surface area contributed by atoms with Gasteiger partial charge in [-0.3, -0.25) is 0 Å². The van der Waals surface area contributed by atoms with E-state index in [0.29, 0.717) is 24.3 Å². The van der Waals surface area contributed by atoms with Crippen LogP contribution in [0, 0.1) is 0 Å². The number of pyridine rings is 1. The summed E-state index contributed by atoms with van der Waals surface area (Å²) >= 11 is 0. The van der Waals surface area contributed by atoms with E-state index in [1.165, 1.54) is 9.42 Å². The normalized spacial score (nSPS) is 20.4. The summed E-state index contributed by atoms with van der Waals surface area (Å²) < 4.78 is 40.1. The maximum Gasteiger partial charge on any atom is 0.408 e. The molecule has 0 saturated carbocycles. The van der Waals surface area contributed by atoms with Gasteiger partial charge in [0.05, 0.1) is 0 Å². The highest BCUT2D eigenvalue weighted by Crippen LogP contribution is 2.34. The van der Waals surface area contributed by atoms with Gasteiger partial charge in [-0.1, -0.05) is 0 Å². The maximum atomic E-state index is 12.9. The molecule has 2 N–H and O–H groups in total. The van der Waals surface area contributed by atoms with Gasteiger partial charge in [0.25, 0.3) is 0 Å². The Bertz CT molecular complexity index is 606. The van der Waals surface area contributed by atoms with Crippen LogP contribution >= 0.6 is 0 Å². The molecule has 0 spiro atoms. The van der Waals surface area contributed by atoms with Gasteiger partial charge in [0.15, 0.2) is 5.65 Å². The molecular formula is C11H12F3N5. The molecule has 0 aliphatic carbocycles. The Morgan fingerprint density at radius 1 is 1.37 bits per heavy atom. The number of hydrogen-bond donors (Lipinski definition) is 1. The summed E-state index contributed by atoms with van der Waals surface area (Å²) in [5.74, 6) is 0.102. The number of halogens is 3. The molecule has 0 aromatic carbocycles. The van der Waals surface area contributed by atoms with Crippen molar-refractivity contribution >= 4 is 17.3 Å². The number of fused-ring (bicyclic) bond motifs is 1. The number of hydrogen-bond acceptors (Lipinski definition) is 4. The fourth-order valence-electron chi connectivity index (χ4n) is 2.35. The standard InChI is InChI=1S/C11H12F3N5/c12-11(13,14)8-2-1-4-18(8)10-16-9-6-7(15)3-5-19(9)17-10/h3,5-6,8H,1-2,4,15H2. The second-order valence-corrected chi connectivity index (χ2v) is 4.57. The highest BCUT2D eigenvalue weighted by molar-refractivity contribution is 5.54. The third kappa shape index (κ3) is 2.06. The minimum absolute atomic E-state index is 0.0845. The molecule has 19 heavy (non-hydrogen) atoms. The molecule has 1 unspecified atom stereocenters. The lowest BCUT2D eigenvalue weighted by molar-refractivity contribution is -0.146. The predicted octanol–water partition coefficient (Wildman–Crippen LogP) is 1.84. The first-order chi connectivity index (χ1) is 8.95. The van der Waals surface area contributed by atoms with E-state index in [-0.39, 0.29) is 12.4 Å². The maximum absolute atomic E-state index is 12.9. The fraction of sp³-hybridized carbons (Fsp3) is 0.455. The zero-order valence-corrected chi connectivity index (χ0v) is 9.93. The van der Waals surface area contributed by atoms with Gasteiger partial charge in [-0.2, -0.15) is 18.2 Å². The number of nitrogens with zero attached hydrogens (tertiary/aromatic N) is 4. The predicted molar refractivity (Wildman–Crippen MR) is 63.8 cm³/mol. The third-order valence-corrected chi connectivity index (χ3v) is 3.24. The van der Waals surface area contributed by atoms with Gasteiger partial charge in [0.1, 0.15) is 6.04 Å². The number of anilines is 2. The molecule has 5 nitrogen and oxygen atoms in total. The quantitative estimate of drug-likeness (QED) is 0.859. The fourth-order valence-corrected chi connectivity index (χ4v) is 2.35. The molecule has 0 bridgehead atoms. The largest absolute Gasteiger partial charge is 0.408 e. The van der Waals surface area contributed by atoms with Crippen LogP contribution in [0.2, 0.25) is 0 Å². The highest BCUT2D eigenvalue weighted by Gasteiger charge is 2.47. The van der Waals surface area contributed by atoms with E-state index >= 15 is 0 Å². The van der Waals surface area contributed by atoms with Crippen molar-refractivity contribution in [1.82, 2.24) is 14.6 Å².